The predicted molar refractivity (Wildman–Crippen MR) is 106 cm³/mol. The topological polar surface area (TPSA) is 85.4 Å². The monoisotopic (exact) mass is 396 g/mol. The standard InChI is InChI=1S/C20H36N4O4/c1-4-23(13-19(25)26)18-8-16(9-18)21-20(27)24-7-5-6-17(24)12-22-10-14(2)28-15(3)11-22/h14-18H,4-13H2,1-3H3,(H,21,27)(H,25,26). The first-order valence-corrected chi connectivity index (χ1v) is 10.8. The minimum absolute atomic E-state index is 0.0431. The molecule has 160 valence electrons. The van der Waals surface area contributed by atoms with Crippen LogP contribution in [0.15, 0.2) is 0 Å². The second kappa shape index (κ2) is 9.41. The van der Waals surface area contributed by atoms with Gasteiger partial charge in [0.2, 0.25) is 0 Å². The molecule has 8 nitrogen and oxygen atoms in total. The Kier molecular flexibility index (Phi) is 7.17. The summed E-state index contributed by atoms with van der Waals surface area (Å²) >= 11 is 0. The van der Waals surface area contributed by atoms with E-state index < -0.39 is 5.97 Å². The number of ether oxygens (including phenoxy) is 1. The molecule has 3 aliphatic rings. The van der Waals surface area contributed by atoms with Gasteiger partial charge >= 0.3 is 12.0 Å². The van der Waals surface area contributed by atoms with Crippen molar-refractivity contribution in [1.29, 1.82) is 0 Å². The smallest absolute Gasteiger partial charge is 0.317 e. The molecule has 0 aromatic rings. The molecule has 2 amide bonds. The van der Waals surface area contributed by atoms with E-state index in [1.165, 1.54) is 0 Å². The van der Waals surface area contributed by atoms with Crippen LogP contribution in [-0.2, 0) is 9.53 Å². The molecule has 0 radical (unpaired) electrons. The van der Waals surface area contributed by atoms with Gasteiger partial charge in [-0.1, -0.05) is 6.92 Å². The molecule has 0 spiro atoms. The van der Waals surface area contributed by atoms with E-state index in [9.17, 15) is 9.59 Å². The fraction of sp³-hybridized carbons (Fsp3) is 0.900. The number of nitrogens with zero attached hydrogens (tertiary/aromatic N) is 3. The molecule has 2 heterocycles. The Morgan fingerprint density at radius 1 is 1.21 bits per heavy atom. The molecule has 2 aliphatic heterocycles. The van der Waals surface area contributed by atoms with Crippen molar-refractivity contribution >= 4 is 12.0 Å². The van der Waals surface area contributed by atoms with Crippen molar-refractivity contribution in [2.75, 3.05) is 39.3 Å². The van der Waals surface area contributed by atoms with Gasteiger partial charge in [0.1, 0.15) is 0 Å². The highest BCUT2D eigenvalue weighted by molar-refractivity contribution is 5.75. The fourth-order valence-corrected chi connectivity index (χ4v) is 4.96. The average molecular weight is 397 g/mol. The van der Waals surface area contributed by atoms with Crippen LogP contribution >= 0.6 is 0 Å². The van der Waals surface area contributed by atoms with Crippen molar-refractivity contribution < 1.29 is 19.4 Å². The van der Waals surface area contributed by atoms with Gasteiger partial charge in [-0.05, 0) is 46.1 Å². The van der Waals surface area contributed by atoms with E-state index >= 15 is 0 Å². The van der Waals surface area contributed by atoms with Gasteiger partial charge < -0.3 is 20.1 Å². The van der Waals surface area contributed by atoms with Crippen LogP contribution < -0.4 is 5.32 Å². The SMILES string of the molecule is CCN(CC(=O)O)C1CC(NC(=O)N2CCCC2CN2CC(C)OC(C)C2)C1. The number of hydrogen-bond acceptors (Lipinski definition) is 5. The van der Waals surface area contributed by atoms with E-state index in [2.05, 4.69) is 24.1 Å². The van der Waals surface area contributed by atoms with Gasteiger partial charge in [-0.25, -0.2) is 4.79 Å². The van der Waals surface area contributed by atoms with Crippen LogP contribution in [0.4, 0.5) is 4.79 Å². The lowest BCUT2D eigenvalue weighted by Crippen LogP contribution is -2.58. The number of carbonyl (C=O) groups is 2. The second-order valence-electron chi connectivity index (χ2n) is 8.69. The summed E-state index contributed by atoms with van der Waals surface area (Å²) in [5.74, 6) is -0.791. The minimum atomic E-state index is -0.791. The summed E-state index contributed by atoms with van der Waals surface area (Å²) in [6, 6.07) is 0.733. The quantitative estimate of drug-likeness (QED) is 0.673. The maximum atomic E-state index is 12.8. The fourth-order valence-electron chi connectivity index (χ4n) is 4.96. The Labute approximate surface area is 168 Å². The van der Waals surface area contributed by atoms with Crippen LogP contribution in [0.3, 0.4) is 0 Å². The number of likely N-dealkylation sites (N-methyl/N-ethyl adjacent to an activating group) is 1. The van der Waals surface area contributed by atoms with E-state index in [1.807, 2.05) is 16.7 Å². The number of aliphatic carboxylic acids is 1. The van der Waals surface area contributed by atoms with Gasteiger partial charge in [-0.2, -0.15) is 0 Å². The van der Waals surface area contributed by atoms with Crippen molar-refractivity contribution in [2.45, 2.75) is 76.8 Å². The summed E-state index contributed by atoms with van der Waals surface area (Å²) in [5.41, 5.74) is 0. The number of morpholine rings is 1. The van der Waals surface area contributed by atoms with E-state index in [0.29, 0.717) is 0 Å². The Morgan fingerprint density at radius 2 is 1.89 bits per heavy atom. The lowest BCUT2D eigenvalue weighted by atomic mass is 9.85. The maximum absolute atomic E-state index is 12.8. The summed E-state index contributed by atoms with van der Waals surface area (Å²) in [4.78, 5) is 30.2. The number of likely N-dealkylation sites (tertiary alicyclic amines) is 1. The number of rotatable bonds is 7. The highest BCUT2D eigenvalue weighted by Crippen LogP contribution is 2.27. The largest absolute Gasteiger partial charge is 0.480 e. The number of urea groups is 1. The number of amides is 2. The van der Waals surface area contributed by atoms with E-state index in [0.717, 1.165) is 58.4 Å². The molecule has 3 fully saturated rings. The number of nitrogens with one attached hydrogen (secondary N) is 1. The Hall–Kier alpha value is -1.38. The average Bonchev–Trinajstić information content (AvgIpc) is 3.02. The zero-order valence-electron chi connectivity index (χ0n) is 17.5. The van der Waals surface area contributed by atoms with Crippen LogP contribution in [0.1, 0.15) is 46.5 Å². The minimum Gasteiger partial charge on any atom is -0.480 e. The molecule has 2 saturated heterocycles. The molecule has 3 rings (SSSR count). The molecule has 0 aromatic carbocycles. The normalized spacial score (nSPS) is 33.7. The van der Waals surface area contributed by atoms with Crippen molar-refractivity contribution in [3.05, 3.63) is 0 Å². The summed E-state index contributed by atoms with van der Waals surface area (Å²) in [6.45, 7) is 10.6. The number of carbonyl (C=O) groups excluding carboxylic acids is 1. The first kappa shape index (κ1) is 21.3. The molecule has 8 heteroatoms. The third-order valence-corrected chi connectivity index (χ3v) is 6.30. The third kappa shape index (κ3) is 5.36. The molecular weight excluding hydrogens is 360 g/mol. The van der Waals surface area contributed by atoms with E-state index in [-0.39, 0.29) is 42.9 Å². The molecule has 1 aliphatic carbocycles. The third-order valence-electron chi connectivity index (χ3n) is 6.30. The van der Waals surface area contributed by atoms with Crippen LogP contribution in [-0.4, -0.2) is 101 Å². The van der Waals surface area contributed by atoms with Crippen molar-refractivity contribution in [1.82, 2.24) is 20.0 Å². The van der Waals surface area contributed by atoms with E-state index in [4.69, 9.17) is 9.84 Å². The lowest BCUT2D eigenvalue weighted by molar-refractivity contribution is -0.139. The Balaban J connectivity index is 1.44. The highest BCUT2D eigenvalue weighted by atomic mass is 16.5. The van der Waals surface area contributed by atoms with Crippen LogP contribution in [0, 0.1) is 0 Å². The first-order valence-electron chi connectivity index (χ1n) is 10.8. The number of carboxylic acid groups (broad SMARTS) is 1. The molecule has 0 aromatic heterocycles. The molecule has 3 atom stereocenters. The summed E-state index contributed by atoms with van der Waals surface area (Å²) in [6.07, 6.45) is 4.28. The summed E-state index contributed by atoms with van der Waals surface area (Å²) in [5, 5.41) is 12.2. The van der Waals surface area contributed by atoms with Crippen molar-refractivity contribution in [3.63, 3.8) is 0 Å². The number of carboxylic acids is 1. The lowest BCUT2D eigenvalue weighted by Gasteiger charge is -2.43. The molecule has 2 N–H and O–H groups in total. The zero-order valence-corrected chi connectivity index (χ0v) is 17.5. The zero-order chi connectivity index (χ0) is 20.3. The van der Waals surface area contributed by atoms with Gasteiger partial charge in [0.05, 0.1) is 18.8 Å². The number of hydrogen-bond donors (Lipinski definition) is 2. The first-order chi connectivity index (χ1) is 13.4. The van der Waals surface area contributed by atoms with Gasteiger partial charge in [0.25, 0.3) is 0 Å². The molecular formula is C20H36N4O4. The van der Waals surface area contributed by atoms with Gasteiger partial charge in [0, 0.05) is 44.3 Å². The van der Waals surface area contributed by atoms with Crippen LogP contribution in [0.5, 0.6) is 0 Å². The second-order valence-corrected chi connectivity index (χ2v) is 8.69. The summed E-state index contributed by atoms with van der Waals surface area (Å²) in [7, 11) is 0. The van der Waals surface area contributed by atoms with E-state index in [1.54, 1.807) is 0 Å². The molecule has 3 unspecified atom stereocenters. The highest BCUT2D eigenvalue weighted by Gasteiger charge is 2.38. The molecule has 1 saturated carbocycles. The predicted octanol–water partition coefficient (Wildman–Crippen LogP) is 1.21. The molecule has 28 heavy (non-hydrogen) atoms. The Morgan fingerprint density at radius 3 is 2.50 bits per heavy atom. The van der Waals surface area contributed by atoms with Gasteiger partial charge in [-0.3, -0.25) is 14.6 Å². The summed E-state index contributed by atoms with van der Waals surface area (Å²) < 4.78 is 5.82. The van der Waals surface area contributed by atoms with Crippen LogP contribution in [0.2, 0.25) is 0 Å². The molecule has 0 bridgehead atoms. The van der Waals surface area contributed by atoms with Crippen molar-refractivity contribution in [2.24, 2.45) is 0 Å². The Bertz CT molecular complexity index is 544. The van der Waals surface area contributed by atoms with Gasteiger partial charge in [0.15, 0.2) is 0 Å². The van der Waals surface area contributed by atoms with Crippen LogP contribution in [0.25, 0.3) is 0 Å². The van der Waals surface area contributed by atoms with Crippen molar-refractivity contribution in [3.8, 4) is 0 Å². The maximum Gasteiger partial charge on any atom is 0.317 e. The van der Waals surface area contributed by atoms with Gasteiger partial charge in [-0.15, -0.1) is 0 Å².